The van der Waals surface area contributed by atoms with Gasteiger partial charge < -0.3 is 4.90 Å². The highest BCUT2D eigenvalue weighted by molar-refractivity contribution is 9.10. The number of allylic oxidation sites excluding steroid dienone is 2. The van der Waals surface area contributed by atoms with E-state index in [1.165, 1.54) is 31.5 Å². The first kappa shape index (κ1) is 11.3. The van der Waals surface area contributed by atoms with E-state index >= 15 is 0 Å². The van der Waals surface area contributed by atoms with E-state index in [0.29, 0.717) is 0 Å². The van der Waals surface area contributed by atoms with Crippen LogP contribution >= 0.6 is 15.9 Å². The quantitative estimate of drug-likeness (QED) is 0.736. The number of anilines is 1. The maximum absolute atomic E-state index is 4.54. The number of rotatable bonds is 1. The molecule has 0 N–H and O–H groups in total. The number of aromatic nitrogens is 1. The van der Waals surface area contributed by atoms with E-state index in [1.807, 2.05) is 6.20 Å². The van der Waals surface area contributed by atoms with Crippen molar-refractivity contribution in [2.24, 2.45) is 11.8 Å². The van der Waals surface area contributed by atoms with E-state index in [0.717, 1.165) is 22.1 Å². The fraction of sp³-hybridized carbons (Fsp3) is 0.500. The maximum Gasteiger partial charge on any atom is 0.128 e. The Morgan fingerprint density at radius 3 is 2.47 bits per heavy atom. The second-order valence-corrected chi connectivity index (χ2v) is 6.01. The Bertz CT molecular complexity index is 440. The molecule has 90 valence electrons. The van der Waals surface area contributed by atoms with Gasteiger partial charge in [-0.3, -0.25) is 0 Å². The Labute approximate surface area is 111 Å². The van der Waals surface area contributed by atoms with Crippen molar-refractivity contribution in [3.05, 3.63) is 34.5 Å². The lowest BCUT2D eigenvalue weighted by molar-refractivity contribution is 0.411. The molecule has 2 aliphatic rings. The van der Waals surface area contributed by atoms with Crippen LogP contribution in [-0.4, -0.2) is 18.1 Å². The molecular formula is C14H17BrN2. The third kappa shape index (κ3) is 2.13. The molecule has 2 heterocycles. The highest BCUT2D eigenvalue weighted by atomic mass is 79.9. The first-order chi connectivity index (χ1) is 8.24. The van der Waals surface area contributed by atoms with Crippen LogP contribution < -0.4 is 4.90 Å². The van der Waals surface area contributed by atoms with Gasteiger partial charge in [-0.25, -0.2) is 4.98 Å². The third-order valence-electron chi connectivity index (χ3n) is 3.98. The monoisotopic (exact) mass is 292 g/mol. The van der Waals surface area contributed by atoms with E-state index in [2.05, 4.69) is 51.0 Å². The number of nitrogens with zero attached hydrogens (tertiary/aromatic N) is 2. The molecule has 1 aromatic heterocycles. The van der Waals surface area contributed by atoms with E-state index in [9.17, 15) is 0 Å². The fourth-order valence-electron chi connectivity index (χ4n) is 2.90. The molecule has 0 spiro atoms. The highest BCUT2D eigenvalue weighted by Gasteiger charge is 2.33. The smallest absolute Gasteiger partial charge is 0.128 e. The predicted molar refractivity (Wildman–Crippen MR) is 74.2 cm³/mol. The molecule has 3 rings (SSSR count). The number of aryl methyl sites for hydroxylation is 1. The molecular weight excluding hydrogens is 276 g/mol. The molecule has 1 fully saturated rings. The Hall–Kier alpha value is -0.830. The van der Waals surface area contributed by atoms with Crippen LogP contribution in [0.4, 0.5) is 5.82 Å². The second kappa shape index (κ2) is 4.45. The summed E-state index contributed by atoms with van der Waals surface area (Å²) in [7, 11) is 0. The van der Waals surface area contributed by atoms with Crippen LogP contribution in [-0.2, 0) is 0 Å². The van der Waals surface area contributed by atoms with Crippen LogP contribution in [0.1, 0.15) is 18.4 Å². The SMILES string of the molecule is Cc1cc(N2CC3CC=CCC3C2)ncc1Br. The van der Waals surface area contributed by atoms with Crippen molar-refractivity contribution in [3.63, 3.8) is 0 Å². The number of hydrogen-bond donors (Lipinski definition) is 0. The minimum Gasteiger partial charge on any atom is -0.356 e. The van der Waals surface area contributed by atoms with Gasteiger partial charge in [0.2, 0.25) is 0 Å². The highest BCUT2D eigenvalue weighted by Crippen LogP contribution is 2.35. The molecule has 3 heteroatoms. The Morgan fingerprint density at radius 1 is 1.24 bits per heavy atom. The van der Waals surface area contributed by atoms with Crippen LogP contribution in [0.2, 0.25) is 0 Å². The number of pyridine rings is 1. The van der Waals surface area contributed by atoms with Gasteiger partial charge in [0.25, 0.3) is 0 Å². The summed E-state index contributed by atoms with van der Waals surface area (Å²) in [6.07, 6.45) is 9.09. The van der Waals surface area contributed by atoms with Crippen molar-refractivity contribution in [3.8, 4) is 0 Å². The Kier molecular flexibility index (Phi) is 2.95. The van der Waals surface area contributed by atoms with Crippen molar-refractivity contribution in [1.82, 2.24) is 4.98 Å². The minimum absolute atomic E-state index is 0.839. The molecule has 2 unspecified atom stereocenters. The molecule has 2 atom stereocenters. The van der Waals surface area contributed by atoms with Crippen molar-refractivity contribution < 1.29 is 0 Å². The van der Waals surface area contributed by atoms with Crippen molar-refractivity contribution in [1.29, 1.82) is 0 Å². The number of halogens is 1. The molecule has 1 saturated heterocycles. The average molecular weight is 293 g/mol. The molecule has 2 nitrogen and oxygen atoms in total. The molecule has 17 heavy (non-hydrogen) atoms. The summed E-state index contributed by atoms with van der Waals surface area (Å²) >= 11 is 3.51. The molecule has 1 aromatic rings. The largest absolute Gasteiger partial charge is 0.356 e. The van der Waals surface area contributed by atoms with Gasteiger partial charge in [-0.15, -0.1) is 0 Å². The number of fused-ring (bicyclic) bond motifs is 1. The zero-order chi connectivity index (χ0) is 11.8. The van der Waals surface area contributed by atoms with Crippen molar-refractivity contribution >= 4 is 21.7 Å². The van der Waals surface area contributed by atoms with Gasteiger partial charge in [-0.05, 0) is 59.2 Å². The fourth-order valence-corrected chi connectivity index (χ4v) is 3.12. The summed E-state index contributed by atoms with van der Waals surface area (Å²) in [6, 6.07) is 2.19. The van der Waals surface area contributed by atoms with Crippen molar-refractivity contribution in [2.45, 2.75) is 19.8 Å². The number of hydrogen-bond acceptors (Lipinski definition) is 2. The van der Waals surface area contributed by atoms with Crippen LogP contribution in [0.5, 0.6) is 0 Å². The van der Waals surface area contributed by atoms with Crippen LogP contribution in [0.3, 0.4) is 0 Å². The summed E-state index contributed by atoms with van der Waals surface area (Å²) in [4.78, 5) is 6.98. The van der Waals surface area contributed by atoms with Gasteiger partial charge in [-0.2, -0.15) is 0 Å². The Balaban J connectivity index is 1.80. The summed E-state index contributed by atoms with van der Waals surface area (Å²) in [5.74, 6) is 2.82. The molecule has 0 amide bonds. The maximum atomic E-state index is 4.54. The van der Waals surface area contributed by atoms with E-state index in [1.54, 1.807) is 0 Å². The molecule has 0 saturated carbocycles. The minimum atomic E-state index is 0.839. The van der Waals surface area contributed by atoms with Crippen molar-refractivity contribution in [2.75, 3.05) is 18.0 Å². The van der Waals surface area contributed by atoms with E-state index in [-0.39, 0.29) is 0 Å². The van der Waals surface area contributed by atoms with Crippen LogP contribution in [0.25, 0.3) is 0 Å². The molecule has 0 radical (unpaired) electrons. The van der Waals surface area contributed by atoms with Crippen LogP contribution in [0.15, 0.2) is 28.9 Å². The third-order valence-corrected chi connectivity index (χ3v) is 4.81. The Morgan fingerprint density at radius 2 is 1.88 bits per heavy atom. The lowest BCUT2D eigenvalue weighted by Gasteiger charge is -2.17. The predicted octanol–water partition coefficient (Wildman–Crippen LogP) is 3.55. The summed E-state index contributed by atoms with van der Waals surface area (Å²) in [6.45, 7) is 4.46. The van der Waals surface area contributed by atoms with Gasteiger partial charge in [0, 0.05) is 23.8 Å². The lowest BCUT2D eigenvalue weighted by Crippen LogP contribution is -2.21. The van der Waals surface area contributed by atoms with Gasteiger partial charge >= 0.3 is 0 Å². The lowest BCUT2D eigenvalue weighted by atomic mass is 9.86. The topological polar surface area (TPSA) is 16.1 Å². The molecule has 1 aliphatic carbocycles. The molecule has 0 bridgehead atoms. The summed E-state index contributed by atoms with van der Waals surface area (Å²) < 4.78 is 1.10. The molecule has 0 aromatic carbocycles. The van der Waals surface area contributed by atoms with Gasteiger partial charge in [0.1, 0.15) is 5.82 Å². The summed E-state index contributed by atoms with van der Waals surface area (Å²) in [5, 5.41) is 0. The normalized spacial score (nSPS) is 27.3. The summed E-state index contributed by atoms with van der Waals surface area (Å²) in [5.41, 5.74) is 1.27. The van der Waals surface area contributed by atoms with Gasteiger partial charge in [0.05, 0.1) is 0 Å². The first-order valence-corrected chi connectivity index (χ1v) is 7.05. The van der Waals surface area contributed by atoms with Crippen LogP contribution in [0, 0.1) is 18.8 Å². The average Bonchev–Trinajstić information content (AvgIpc) is 2.76. The van der Waals surface area contributed by atoms with Gasteiger partial charge in [0.15, 0.2) is 0 Å². The van der Waals surface area contributed by atoms with Gasteiger partial charge in [-0.1, -0.05) is 12.2 Å². The van der Waals surface area contributed by atoms with E-state index in [4.69, 9.17) is 0 Å². The standard InChI is InChI=1S/C14H17BrN2/c1-10-6-14(16-7-13(10)15)17-8-11-4-2-3-5-12(11)9-17/h2-3,6-7,11-12H,4-5,8-9H2,1H3. The zero-order valence-electron chi connectivity index (χ0n) is 10.1. The first-order valence-electron chi connectivity index (χ1n) is 6.26. The molecule has 1 aliphatic heterocycles. The zero-order valence-corrected chi connectivity index (χ0v) is 11.7. The second-order valence-electron chi connectivity index (χ2n) is 5.16. The van der Waals surface area contributed by atoms with E-state index < -0.39 is 0 Å².